The summed E-state index contributed by atoms with van der Waals surface area (Å²) >= 11 is 0. The fourth-order valence-corrected chi connectivity index (χ4v) is 5.29. The van der Waals surface area contributed by atoms with E-state index in [4.69, 9.17) is 14.2 Å². The predicted molar refractivity (Wildman–Crippen MR) is 127 cm³/mol. The van der Waals surface area contributed by atoms with Gasteiger partial charge < -0.3 is 24.4 Å². The first-order valence-corrected chi connectivity index (χ1v) is 12.0. The van der Waals surface area contributed by atoms with Gasteiger partial charge in [-0.3, -0.25) is 9.69 Å². The quantitative estimate of drug-likeness (QED) is 0.728. The number of anilines is 1. The number of hydrogen-bond donors (Lipinski definition) is 1. The molecule has 2 heterocycles. The molecule has 2 aromatic carbocycles. The van der Waals surface area contributed by atoms with Crippen LogP contribution in [0.15, 0.2) is 42.5 Å². The van der Waals surface area contributed by atoms with Crippen LogP contribution in [0.5, 0.6) is 17.2 Å². The molecular formula is C26H33N3O4. The van der Waals surface area contributed by atoms with Crippen LogP contribution in [0.2, 0.25) is 0 Å². The van der Waals surface area contributed by atoms with Crippen LogP contribution in [0.1, 0.15) is 31.2 Å². The number of nitrogens with zero attached hydrogens (tertiary/aromatic N) is 2. The first kappa shape index (κ1) is 21.9. The summed E-state index contributed by atoms with van der Waals surface area (Å²) in [6.45, 7) is 5.10. The minimum atomic E-state index is -0.310. The summed E-state index contributed by atoms with van der Waals surface area (Å²) in [6.07, 6.45) is 4.16. The molecule has 1 amide bonds. The Labute approximate surface area is 195 Å². The molecule has 1 aliphatic carbocycles. The molecule has 2 aliphatic heterocycles. The number of carbonyl (C=O) groups excluding carboxylic acids is 1. The summed E-state index contributed by atoms with van der Waals surface area (Å²) < 4.78 is 16.8. The van der Waals surface area contributed by atoms with Gasteiger partial charge in [0, 0.05) is 37.9 Å². The van der Waals surface area contributed by atoms with Gasteiger partial charge in [-0.25, -0.2) is 0 Å². The van der Waals surface area contributed by atoms with Gasteiger partial charge in [-0.05, 0) is 42.7 Å². The lowest BCUT2D eigenvalue weighted by atomic mass is 9.87. The van der Waals surface area contributed by atoms with Crippen LogP contribution in [0.25, 0.3) is 0 Å². The largest absolute Gasteiger partial charge is 0.497 e. The van der Waals surface area contributed by atoms with Crippen LogP contribution < -0.4 is 24.4 Å². The number of fused-ring (bicyclic) bond motifs is 1. The van der Waals surface area contributed by atoms with Gasteiger partial charge in [-0.2, -0.15) is 0 Å². The molecule has 1 N–H and O–H groups in total. The van der Waals surface area contributed by atoms with E-state index < -0.39 is 0 Å². The van der Waals surface area contributed by atoms with Gasteiger partial charge in [0.1, 0.15) is 19.0 Å². The lowest BCUT2D eigenvalue weighted by Gasteiger charge is -2.37. The molecule has 3 aliphatic rings. The number of methoxy groups -OCH3 is 1. The summed E-state index contributed by atoms with van der Waals surface area (Å²) in [6, 6.07) is 14.3. The van der Waals surface area contributed by atoms with Crippen molar-refractivity contribution in [2.45, 2.75) is 31.2 Å². The van der Waals surface area contributed by atoms with Crippen LogP contribution in [-0.2, 0) is 10.3 Å². The molecule has 0 atom stereocenters. The zero-order chi connectivity index (χ0) is 22.7. The maximum atomic E-state index is 13.1. The Hall–Kier alpha value is -2.93. The van der Waals surface area contributed by atoms with Crippen molar-refractivity contribution in [3.05, 3.63) is 48.0 Å². The SMILES string of the molecule is COc1cccc(N2CCN(CC(=O)NC3(c4ccc5c(c4)OCCO5)CCCC3)CC2)c1. The number of nitrogens with one attached hydrogen (secondary N) is 1. The molecule has 0 spiro atoms. The highest BCUT2D eigenvalue weighted by Gasteiger charge is 2.38. The van der Waals surface area contributed by atoms with Crippen molar-refractivity contribution in [2.24, 2.45) is 0 Å². The Morgan fingerprint density at radius 1 is 1.00 bits per heavy atom. The first-order valence-electron chi connectivity index (χ1n) is 12.0. The molecule has 0 unspecified atom stereocenters. The molecule has 5 rings (SSSR count). The minimum absolute atomic E-state index is 0.0987. The second-order valence-electron chi connectivity index (χ2n) is 9.16. The highest BCUT2D eigenvalue weighted by molar-refractivity contribution is 5.79. The number of rotatable bonds is 6. The summed E-state index contributed by atoms with van der Waals surface area (Å²) in [5.74, 6) is 2.54. The number of carbonyl (C=O) groups is 1. The molecule has 0 radical (unpaired) electrons. The zero-order valence-electron chi connectivity index (χ0n) is 19.3. The molecule has 176 valence electrons. The van der Waals surface area contributed by atoms with Gasteiger partial charge in [0.05, 0.1) is 19.2 Å². The molecule has 0 aromatic heterocycles. The Morgan fingerprint density at radius 2 is 1.76 bits per heavy atom. The summed E-state index contributed by atoms with van der Waals surface area (Å²) in [7, 11) is 1.69. The Balaban J connectivity index is 1.20. The highest BCUT2D eigenvalue weighted by Crippen LogP contribution is 2.42. The van der Waals surface area contributed by atoms with E-state index in [9.17, 15) is 4.79 Å². The molecular weight excluding hydrogens is 418 g/mol. The van der Waals surface area contributed by atoms with E-state index in [0.717, 1.165) is 74.7 Å². The van der Waals surface area contributed by atoms with E-state index in [1.807, 2.05) is 18.2 Å². The van der Waals surface area contributed by atoms with E-state index in [2.05, 4.69) is 39.4 Å². The topological polar surface area (TPSA) is 63.3 Å². The molecule has 7 nitrogen and oxygen atoms in total. The van der Waals surface area contributed by atoms with E-state index in [1.165, 1.54) is 5.69 Å². The molecule has 2 fully saturated rings. The lowest BCUT2D eigenvalue weighted by Crippen LogP contribution is -2.52. The summed E-state index contributed by atoms with van der Waals surface area (Å²) in [5, 5.41) is 3.41. The molecule has 0 bridgehead atoms. The zero-order valence-corrected chi connectivity index (χ0v) is 19.3. The third-order valence-electron chi connectivity index (χ3n) is 7.09. The maximum absolute atomic E-state index is 13.1. The van der Waals surface area contributed by atoms with Crippen LogP contribution >= 0.6 is 0 Å². The van der Waals surface area contributed by atoms with Crippen molar-refractivity contribution < 1.29 is 19.0 Å². The van der Waals surface area contributed by atoms with Gasteiger partial charge in [0.15, 0.2) is 11.5 Å². The summed E-state index contributed by atoms with van der Waals surface area (Å²) in [5.41, 5.74) is 1.98. The molecule has 1 saturated carbocycles. The Bertz CT molecular complexity index is 981. The van der Waals surface area contributed by atoms with Crippen molar-refractivity contribution in [1.82, 2.24) is 10.2 Å². The fraction of sp³-hybridized carbons (Fsp3) is 0.500. The maximum Gasteiger partial charge on any atom is 0.234 e. The van der Waals surface area contributed by atoms with Crippen molar-refractivity contribution in [2.75, 3.05) is 57.9 Å². The Kier molecular flexibility index (Phi) is 6.31. The van der Waals surface area contributed by atoms with E-state index in [-0.39, 0.29) is 11.4 Å². The standard InChI is InChI=1S/C26H33N3O4/c1-31-22-6-4-5-21(18-22)29-13-11-28(12-14-29)19-25(30)27-26(9-2-3-10-26)20-7-8-23-24(17-20)33-16-15-32-23/h4-8,17-18H,2-3,9-16,19H2,1H3,(H,27,30). The second-order valence-corrected chi connectivity index (χ2v) is 9.16. The van der Waals surface area contributed by atoms with E-state index >= 15 is 0 Å². The van der Waals surface area contributed by atoms with E-state index in [0.29, 0.717) is 19.8 Å². The number of ether oxygens (including phenoxy) is 3. The predicted octanol–water partition coefficient (Wildman–Crippen LogP) is 3.17. The smallest absolute Gasteiger partial charge is 0.234 e. The van der Waals surface area contributed by atoms with Crippen LogP contribution in [0.3, 0.4) is 0 Å². The van der Waals surface area contributed by atoms with Gasteiger partial charge in [0.2, 0.25) is 5.91 Å². The molecule has 2 aromatic rings. The second kappa shape index (κ2) is 9.51. The minimum Gasteiger partial charge on any atom is -0.497 e. The number of amides is 1. The number of hydrogen-bond acceptors (Lipinski definition) is 6. The van der Waals surface area contributed by atoms with Crippen molar-refractivity contribution in [3.63, 3.8) is 0 Å². The highest BCUT2D eigenvalue weighted by atomic mass is 16.6. The first-order chi connectivity index (χ1) is 16.1. The molecule has 1 saturated heterocycles. The lowest BCUT2D eigenvalue weighted by molar-refractivity contribution is -0.124. The summed E-state index contributed by atoms with van der Waals surface area (Å²) in [4.78, 5) is 17.7. The van der Waals surface area contributed by atoms with Crippen molar-refractivity contribution >= 4 is 11.6 Å². The third-order valence-corrected chi connectivity index (χ3v) is 7.09. The Morgan fingerprint density at radius 3 is 2.52 bits per heavy atom. The molecule has 33 heavy (non-hydrogen) atoms. The van der Waals surface area contributed by atoms with Crippen molar-refractivity contribution in [1.29, 1.82) is 0 Å². The van der Waals surface area contributed by atoms with Gasteiger partial charge in [0.25, 0.3) is 0 Å². The van der Waals surface area contributed by atoms with Gasteiger partial charge in [-0.15, -0.1) is 0 Å². The van der Waals surface area contributed by atoms with E-state index in [1.54, 1.807) is 7.11 Å². The fourth-order valence-electron chi connectivity index (χ4n) is 5.29. The van der Waals surface area contributed by atoms with Crippen LogP contribution in [-0.4, -0.2) is 63.9 Å². The number of benzene rings is 2. The van der Waals surface area contributed by atoms with Crippen molar-refractivity contribution in [3.8, 4) is 17.2 Å². The average Bonchev–Trinajstić information content (AvgIpc) is 3.33. The van der Waals surface area contributed by atoms with Crippen LogP contribution in [0.4, 0.5) is 5.69 Å². The van der Waals surface area contributed by atoms with Crippen LogP contribution in [0, 0.1) is 0 Å². The molecule has 7 heteroatoms. The third kappa shape index (κ3) is 4.74. The number of piperazine rings is 1. The average molecular weight is 452 g/mol. The van der Waals surface area contributed by atoms with Gasteiger partial charge >= 0.3 is 0 Å². The normalized spacial score (nSPS) is 19.8. The van der Waals surface area contributed by atoms with Gasteiger partial charge in [-0.1, -0.05) is 25.0 Å². The monoisotopic (exact) mass is 451 g/mol.